The van der Waals surface area contributed by atoms with E-state index in [1.807, 2.05) is 29.2 Å². The van der Waals surface area contributed by atoms with Crippen molar-refractivity contribution in [2.75, 3.05) is 6.54 Å². The Bertz CT molecular complexity index is 622. The van der Waals surface area contributed by atoms with Crippen LogP contribution >= 0.6 is 0 Å². The maximum Gasteiger partial charge on any atom is 0.244 e. The van der Waals surface area contributed by atoms with Gasteiger partial charge in [0.25, 0.3) is 0 Å². The van der Waals surface area contributed by atoms with Gasteiger partial charge in [0.05, 0.1) is 5.52 Å². The molecule has 5 heteroatoms. The first kappa shape index (κ1) is 17.4. The number of carbonyl (C=O) groups is 1. The van der Waals surface area contributed by atoms with Crippen LogP contribution in [0.25, 0.3) is 11.0 Å². The summed E-state index contributed by atoms with van der Waals surface area (Å²) in [6.07, 6.45) is 5.52. The molecule has 0 radical (unpaired) electrons. The summed E-state index contributed by atoms with van der Waals surface area (Å²) in [5.41, 5.74) is 1.75. The van der Waals surface area contributed by atoms with E-state index in [-0.39, 0.29) is 18.5 Å². The molecular weight excluding hydrogens is 288 g/mol. The van der Waals surface area contributed by atoms with Crippen molar-refractivity contribution >= 4 is 16.9 Å². The van der Waals surface area contributed by atoms with Crippen LogP contribution < -0.4 is 0 Å². The Morgan fingerprint density at radius 1 is 1.22 bits per heavy atom. The summed E-state index contributed by atoms with van der Waals surface area (Å²) in [5.74, 6) is 0.137. The molecule has 2 rings (SSSR count). The highest BCUT2D eigenvalue weighted by atomic mass is 16.2. The van der Waals surface area contributed by atoms with Crippen LogP contribution in [0.5, 0.6) is 0 Å². The minimum Gasteiger partial charge on any atom is -0.338 e. The molecule has 0 spiro atoms. The van der Waals surface area contributed by atoms with Crippen LogP contribution in [0.15, 0.2) is 24.3 Å². The van der Waals surface area contributed by atoms with Gasteiger partial charge in [-0.1, -0.05) is 50.5 Å². The van der Waals surface area contributed by atoms with Crippen molar-refractivity contribution in [2.45, 2.75) is 65.5 Å². The summed E-state index contributed by atoms with van der Waals surface area (Å²) in [7, 11) is 0. The number of fused-ring (bicyclic) bond motifs is 1. The first-order chi connectivity index (χ1) is 11.2. The molecule has 0 aliphatic rings. The molecule has 126 valence electrons. The summed E-state index contributed by atoms with van der Waals surface area (Å²) < 4.78 is 1.71. The summed E-state index contributed by atoms with van der Waals surface area (Å²) in [6.45, 7) is 7.59. The third-order valence-electron chi connectivity index (χ3n) is 4.27. The van der Waals surface area contributed by atoms with Gasteiger partial charge >= 0.3 is 0 Å². The van der Waals surface area contributed by atoms with Crippen molar-refractivity contribution in [1.82, 2.24) is 19.9 Å². The van der Waals surface area contributed by atoms with Crippen LogP contribution in [0, 0.1) is 0 Å². The van der Waals surface area contributed by atoms with Crippen molar-refractivity contribution in [1.29, 1.82) is 0 Å². The van der Waals surface area contributed by atoms with Crippen molar-refractivity contribution in [2.24, 2.45) is 0 Å². The highest BCUT2D eigenvalue weighted by Gasteiger charge is 2.20. The number of benzene rings is 1. The van der Waals surface area contributed by atoms with Crippen LogP contribution in [0.1, 0.15) is 52.9 Å². The molecule has 1 amide bonds. The molecule has 1 atom stereocenters. The summed E-state index contributed by atoms with van der Waals surface area (Å²) in [6, 6.07) is 8.04. The molecule has 0 aliphatic carbocycles. The standard InChI is InChI=1S/C18H28N4O/c1-4-6-9-13-21(15(3)10-5-2)18(23)14-22-17-12-8-7-11-16(17)19-20-22/h7-8,11-12,15H,4-6,9-10,13-14H2,1-3H3. The monoisotopic (exact) mass is 316 g/mol. The van der Waals surface area contributed by atoms with Gasteiger partial charge in [-0.15, -0.1) is 5.10 Å². The Kier molecular flexibility index (Phi) is 6.56. The van der Waals surface area contributed by atoms with E-state index < -0.39 is 0 Å². The molecule has 0 fully saturated rings. The minimum atomic E-state index is 0.137. The Morgan fingerprint density at radius 3 is 2.74 bits per heavy atom. The molecule has 2 aromatic rings. The van der Waals surface area contributed by atoms with Gasteiger partial charge in [0, 0.05) is 12.6 Å². The lowest BCUT2D eigenvalue weighted by Gasteiger charge is -2.29. The largest absolute Gasteiger partial charge is 0.338 e. The highest BCUT2D eigenvalue weighted by Crippen LogP contribution is 2.13. The van der Waals surface area contributed by atoms with Gasteiger partial charge < -0.3 is 4.90 Å². The van der Waals surface area contributed by atoms with Gasteiger partial charge in [-0.05, 0) is 31.9 Å². The molecule has 5 nitrogen and oxygen atoms in total. The van der Waals surface area contributed by atoms with E-state index in [9.17, 15) is 4.79 Å². The van der Waals surface area contributed by atoms with Crippen molar-refractivity contribution in [3.63, 3.8) is 0 Å². The molecule has 1 aromatic carbocycles. The molecular formula is C18H28N4O. The van der Waals surface area contributed by atoms with E-state index in [4.69, 9.17) is 0 Å². The lowest BCUT2D eigenvalue weighted by molar-refractivity contribution is -0.134. The highest BCUT2D eigenvalue weighted by molar-refractivity contribution is 5.80. The predicted molar refractivity (Wildman–Crippen MR) is 93.1 cm³/mol. The molecule has 1 unspecified atom stereocenters. The molecule has 0 saturated carbocycles. The lowest BCUT2D eigenvalue weighted by atomic mass is 10.1. The quantitative estimate of drug-likeness (QED) is 0.664. The maximum absolute atomic E-state index is 12.8. The number of aromatic nitrogens is 3. The number of hydrogen-bond donors (Lipinski definition) is 0. The van der Waals surface area contributed by atoms with Gasteiger partial charge in [0.15, 0.2) is 0 Å². The van der Waals surface area contributed by atoms with Crippen LogP contribution in [0.4, 0.5) is 0 Å². The van der Waals surface area contributed by atoms with E-state index in [2.05, 4.69) is 31.1 Å². The zero-order chi connectivity index (χ0) is 16.7. The first-order valence-corrected chi connectivity index (χ1v) is 8.75. The Morgan fingerprint density at radius 2 is 2.00 bits per heavy atom. The van der Waals surface area contributed by atoms with Gasteiger partial charge in [0.2, 0.25) is 5.91 Å². The Hall–Kier alpha value is -1.91. The number of unbranched alkanes of at least 4 members (excludes halogenated alkanes) is 2. The predicted octanol–water partition coefficient (Wildman–Crippen LogP) is 3.64. The van der Waals surface area contributed by atoms with E-state index >= 15 is 0 Å². The normalized spacial score (nSPS) is 12.5. The number of rotatable bonds is 9. The maximum atomic E-state index is 12.8. The average molecular weight is 316 g/mol. The minimum absolute atomic E-state index is 0.137. The molecule has 0 bridgehead atoms. The lowest BCUT2D eigenvalue weighted by Crippen LogP contribution is -2.41. The second-order valence-electron chi connectivity index (χ2n) is 6.17. The second-order valence-corrected chi connectivity index (χ2v) is 6.17. The molecule has 0 saturated heterocycles. The fourth-order valence-corrected chi connectivity index (χ4v) is 2.95. The number of nitrogens with zero attached hydrogens (tertiary/aromatic N) is 4. The second kappa shape index (κ2) is 8.65. The van der Waals surface area contributed by atoms with E-state index in [1.165, 1.54) is 0 Å². The third-order valence-corrected chi connectivity index (χ3v) is 4.27. The topological polar surface area (TPSA) is 51.0 Å². The van der Waals surface area contributed by atoms with Gasteiger partial charge in [-0.2, -0.15) is 0 Å². The van der Waals surface area contributed by atoms with Crippen LogP contribution in [0.2, 0.25) is 0 Å². The van der Waals surface area contributed by atoms with Crippen LogP contribution in [0.3, 0.4) is 0 Å². The zero-order valence-electron chi connectivity index (χ0n) is 14.5. The summed E-state index contributed by atoms with van der Waals surface area (Å²) in [5, 5.41) is 8.27. The first-order valence-electron chi connectivity index (χ1n) is 8.75. The smallest absolute Gasteiger partial charge is 0.244 e. The molecule has 23 heavy (non-hydrogen) atoms. The van der Waals surface area contributed by atoms with E-state index in [1.54, 1.807) is 4.68 Å². The van der Waals surface area contributed by atoms with Crippen LogP contribution in [-0.4, -0.2) is 38.4 Å². The molecule has 0 N–H and O–H groups in total. The van der Waals surface area contributed by atoms with Gasteiger partial charge in [0.1, 0.15) is 12.1 Å². The number of para-hydroxylation sites is 1. The van der Waals surface area contributed by atoms with Gasteiger partial charge in [-0.3, -0.25) is 4.79 Å². The van der Waals surface area contributed by atoms with E-state index in [0.717, 1.165) is 49.7 Å². The molecule has 1 heterocycles. The Balaban J connectivity index is 2.09. The van der Waals surface area contributed by atoms with Crippen molar-refractivity contribution in [3.05, 3.63) is 24.3 Å². The summed E-state index contributed by atoms with van der Waals surface area (Å²) in [4.78, 5) is 14.8. The van der Waals surface area contributed by atoms with Crippen molar-refractivity contribution < 1.29 is 4.79 Å². The number of amides is 1. The average Bonchev–Trinajstić information content (AvgIpc) is 2.95. The SMILES string of the molecule is CCCCCN(C(=O)Cn1nnc2ccccc21)C(C)CCC. The number of carbonyl (C=O) groups excluding carboxylic acids is 1. The van der Waals surface area contributed by atoms with E-state index in [0.29, 0.717) is 0 Å². The van der Waals surface area contributed by atoms with Gasteiger partial charge in [-0.25, -0.2) is 4.68 Å². The van der Waals surface area contributed by atoms with Crippen LogP contribution in [-0.2, 0) is 11.3 Å². The fourth-order valence-electron chi connectivity index (χ4n) is 2.95. The number of hydrogen-bond acceptors (Lipinski definition) is 3. The zero-order valence-corrected chi connectivity index (χ0v) is 14.5. The third kappa shape index (κ3) is 4.53. The van der Waals surface area contributed by atoms with Crippen molar-refractivity contribution in [3.8, 4) is 0 Å². The Labute approximate surface area is 138 Å². The summed E-state index contributed by atoms with van der Waals surface area (Å²) >= 11 is 0. The fraction of sp³-hybridized carbons (Fsp3) is 0.611. The molecule has 0 aliphatic heterocycles. The molecule has 1 aromatic heterocycles.